The van der Waals surface area contributed by atoms with Gasteiger partial charge in [-0.2, -0.15) is 0 Å². The summed E-state index contributed by atoms with van der Waals surface area (Å²) < 4.78 is 0. The van der Waals surface area contributed by atoms with Crippen LogP contribution in [0.1, 0.15) is 33.3 Å². The molecule has 1 N–H and O–H groups in total. The maximum Gasteiger partial charge on any atom is 0.0412 e. The molecule has 1 fully saturated rings. The third kappa shape index (κ3) is 4.22. The molecule has 1 heterocycles. The average Bonchev–Trinajstić information content (AvgIpc) is 2.45. The van der Waals surface area contributed by atoms with Crippen LogP contribution in [0.25, 0.3) is 0 Å². The smallest absolute Gasteiger partial charge is 0.0412 e. The first-order valence-corrected chi connectivity index (χ1v) is 7.80. The van der Waals surface area contributed by atoms with Crippen LogP contribution in [0.5, 0.6) is 0 Å². The molecule has 0 spiro atoms. The van der Waals surface area contributed by atoms with Gasteiger partial charge in [-0.25, -0.2) is 0 Å². The molecule has 112 valence electrons. The summed E-state index contributed by atoms with van der Waals surface area (Å²) in [7, 11) is 0. The molecule has 2 rings (SSSR count). The number of nitrogens with one attached hydrogen (secondary N) is 1. The van der Waals surface area contributed by atoms with Crippen molar-refractivity contribution < 1.29 is 0 Å². The van der Waals surface area contributed by atoms with Crippen LogP contribution < -0.4 is 10.2 Å². The number of hydrogen-bond acceptors (Lipinski definition) is 3. The highest BCUT2D eigenvalue weighted by Gasteiger charge is 2.18. The summed E-state index contributed by atoms with van der Waals surface area (Å²) in [6, 6.07) is 8.81. The molecule has 1 aromatic carbocycles. The van der Waals surface area contributed by atoms with Gasteiger partial charge in [0.2, 0.25) is 0 Å². The van der Waals surface area contributed by atoms with Gasteiger partial charge in [0, 0.05) is 44.0 Å². The summed E-state index contributed by atoms with van der Waals surface area (Å²) >= 11 is 0. The second-order valence-electron chi connectivity index (χ2n) is 6.65. The Balaban J connectivity index is 2.04. The molecule has 3 nitrogen and oxygen atoms in total. The van der Waals surface area contributed by atoms with Crippen LogP contribution in [0.2, 0.25) is 0 Å². The van der Waals surface area contributed by atoms with Crippen LogP contribution in [-0.4, -0.2) is 43.2 Å². The Labute approximate surface area is 124 Å². The highest BCUT2D eigenvalue weighted by molar-refractivity contribution is 5.54. The minimum absolute atomic E-state index is 0.161. The quantitative estimate of drug-likeness (QED) is 0.911. The largest absolute Gasteiger partial charge is 0.369 e. The van der Waals surface area contributed by atoms with E-state index in [1.807, 2.05) is 0 Å². The molecule has 20 heavy (non-hydrogen) atoms. The van der Waals surface area contributed by atoms with Gasteiger partial charge in [0.25, 0.3) is 0 Å². The van der Waals surface area contributed by atoms with E-state index in [0.717, 1.165) is 19.6 Å². The molecule has 0 unspecified atom stereocenters. The predicted molar refractivity (Wildman–Crippen MR) is 87.4 cm³/mol. The molecular weight excluding hydrogens is 246 g/mol. The maximum atomic E-state index is 3.60. The van der Waals surface area contributed by atoms with E-state index < -0.39 is 0 Å². The van der Waals surface area contributed by atoms with Crippen molar-refractivity contribution in [2.24, 2.45) is 0 Å². The lowest BCUT2D eigenvalue weighted by Gasteiger charge is -2.36. The van der Waals surface area contributed by atoms with Crippen LogP contribution in [0.3, 0.4) is 0 Å². The van der Waals surface area contributed by atoms with Crippen LogP contribution in [0.4, 0.5) is 5.69 Å². The number of likely N-dealkylation sites (N-methyl/N-ethyl adjacent to an activating group) is 1. The van der Waals surface area contributed by atoms with Gasteiger partial charge in [-0.3, -0.25) is 0 Å². The fraction of sp³-hybridized carbons (Fsp3) is 0.647. The minimum atomic E-state index is 0.161. The lowest BCUT2D eigenvalue weighted by molar-refractivity contribution is 0.271. The molecule has 0 aromatic heterocycles. The van der Waals surface area contributed by atoms with Crippen molar-refractivity contribution in [2.75, 3.05) is 37.6 Å². The Morgan fingerprint density at radius 1 is 1.05 bits per heavy atom. The van der Waals surface area contributed by atoms with E-state index in [9.17, 15) is 0 Å². The maximum absolute atomic E-state index is 3.60. The fourth-order valence-corrected chi connectivity index (χ4v) is 2.63. The van der Waals surface area contributed by atoms with Crippen LogP contribution in [0.15, 0.2) is 24.3 Å². The molecule has 0 saturated carbocycles. The fourth-order valence-electron chi connectivity index (χ4n) is 2.63. The Bertz CT molecular complexity index is 414. The van der Waals surface area contributed by atoms with E-state index in [4.69, 9.17) is 0 Å². The summed E-state index contributed by atoms with van der Waals surface area (Å²) in [5, 5.41) is 3.60. The summed E-state index contributed by atoms with van der Waals surface area (Å²) in [6.45, 7) is 15.6. The molecule has 0 radical (unpaired) electrons. The van der Waals surface area contributed by atoms with Crippen molar-refractivity contribution in [1.82, 2.24) is 10.2 Å². The standard InChI is InChI=1S/C17H29N3/c1-5-19-10-12-20(13-11-19)16-9-7-6-8-15(16)14-18-17(2,3)4/h6-9,18H,5,10-14H2,1-4H3. The number of rotatable bonds is 4. The number of anilines is 1. The van der Waals surface area contributed by atoms with Crippen molar-refractivity contribution in [3.05, 3.63) is 29.8 Å². The van der Waals surface area contributed by atoms with E-state index in [1.54, 1.807) is 0 Å². The van der Waals surface area contributed by atoms with Gasteiger partial charge in [0.1, 0.15) is 0 Å². The molecule has 3 heteroatoms. The zero-order chi connectivity index (χ0) is 14.6. The molecule has 0 atom stereocenters. The van der Waals surface area contributed by atoms with E-state index in [1.165, 1.54) is 30.9 Å². The molecular formula is C17H29N3. The lowest BCUT2D eigenvalue weighted by Crippen LogP contribution is -2.46. The number of benzene rings is 1. The number of piperazine rings is 1. The average molecular weight is 275 g/mol. The SMILES string of the molecule is CCN1CCN(c2ccccc2CNC(C)(C)C)CC1. The summed E-state index contributed by atoms with van der Waals surface area (Å²) in [6.07, 6.45) is 0. The second-order valence-corrected chi connectivity index (χ2v) is 6.65. The van der Waals surface area contributed by atoms with Crippen molar-refractivity contribution in [3.8, 4) is 0 Å². The zero-order valence-corrected chi connectivity index (χ0v) is 13.4. The van der Waals surface area contributed by atoms with Gasteiger partial charge < -0.3 is 15.1 Å². The summed E-state index contributed by atoms with van der Waals surface area (Å²) in [5.41, 5.74) is 2.97. The lowest BCUT2D eigenvalue weighted by atomic mass is 10.1. The Kier molecular flexibility index (Phi) is 5.06. The van der Waals surface area contributed by atoms with E-state index in [0.29, 0.717) is 0 Å². The monoisotopic (exact) mass is 275 g/mol. The first-order valence-electron chi connectivity index (χ1n) is 7.80. The van der Waals surface area contributed by atoms with Gasteiger partial charge >= 0.3 is 0 Å². The molecule has 1 saturated heterocycles. The van der Waals surface area contributed by atoms with Gasteiger partial charge in [-0.15, -0.1) is 0 Å². The Morgan fingerprint density at radius 2 is 1.70 bits per heavy atom. The zero-order valence-electron chi connectivity index (χ0n) is 13.4. The first kappa shape index (κ1) is 15.3. The molecule has 0 bridgehead atoms. The first-order chi connectivity index (χ1) is 9.49. The van der Waals surface area contributed by atoms with Gasteiger partial charge in [-0.1, -0.05) is 25.1 Å². The van der Waals surface area contributed by atoms with Crippen molar-refractivity contribution in [3.63, 3.8) is 0 Å². The van der Waals surface area contributed by atoms with Crippen LogP contribution in [0, 0.1) is 0 Å². The number of nitrogens with zero attached hydrogens (tertiary/aromatic N) is 2. The van der Waals surface area contributed by atoms with Crippen LogP contribution >= 0.6 is 0 Å². The molecule has 1 aliphatic heterocycles. The Morgan fingerprint density at radius 3 is 2.30 bits per heavy atom. The highest BCUT2D eigenvalue weighted by atomic mass is 15.3. The van der Waals surface area contributed by atoms with Gasteiger partial charge in [0.05, 0.1) is 0 Å². The topological polar surface area (TPSA) is 18.5 Å². The normalized spacial score (nSPS) is 17.5. The van der Waals surface area contributed by atoms with Crippen molar-refractivity contribution in [1.29, 1.82) is 0 Å². The van der Waals surface area contributed by atoms with E-state index >= 15 is 0 Å². The second kappa shape index (κ2) is 6.59. The van der Waals surface area contributed by atoms with E-state index in [2.05, 4.69) is 67.1 Å². The third-order valence-corrected chi connectivity index (χ3v) is 3.96. The number of hydrogen-bond donors (Lipinski definition) is 1. The van der Waals surface area contributed by atoms with E-state index in [-0.39, 0.29) is 5.54 Å². The molecule has 1 aliphatic rings. The Hall–Kier alpha value is -1.06. The van der Waals surface area contributed by atoms with Gasteiger partial charge in [0.15, 0.2) is 0 Å². The van der Waals surface area contributed by atoms with Crippen molar-refractivity contribution >= 4 is 5.69 Å². The molecule has 0 amide bonds. The predicted octanol–water partition coefficient (Wildman–Crippen LogP) is 2.72. The van der Waals surface area contributed by atoms with Gasteiger partial charge in [-0.05, 0) is 38.9 Å². The molecule has 1 aromatic rings. The summed E-state index contributed by atoms with van der Waals surface area (Å²) in [5.74, 6) is 0. The number of para-hydroxylation sites is 1. The van der Waals surface area contributed by atoms with Crippen LogP contribution in [-0.2, 0) is 6.54 Å². The van der Waals surface area contributed by atoms with Crippen molar-refractivity contribution in [2.45, 2.75) is 39.8 Å². The highest BCUT2D eigenvalue weighted by Crippen LogP contribution is 2.22. The molecule has 0 aliphatic carbocycles. The summed E-state index contributed by atoms with van der Waals surface area (Å²) in [4.78, 5) is 5.05. The third-order valence-electron chi connectivity index (χ3n) is 3.96. The minimum Gasteiger partial charge on any atom is -0.369 e.